The van der Waals surface area contributed by atoms with Crippen LogP contribution in [0, 0.1) is 6.92 Å². The van der Waals surface area contributed by atoms with Gasteiger partial charge < -0.3 is 10.6 Å². The number of amides is 1. The smallest absolute Gasteiger partial charge is 0.283 e. The van der Waals surface area contributed by atoms with Gasteiger partial charge in [-0.3, -0.25) is 4.79 Å². The molecule has 6 heteroatoms. The van der Waals surface area contributed by atoms with Gasteiger partial charge in [-0.1, -0.05) is 58.5 Å². The van der Waals surface area contributed by atoms with E-state index in [1.165, 1.54) is 5.56 Å². The third-order valence-corrected chi connectivity index (χ3v) is 4.65. The van der Waals surface area contributed by atoms with Gasteiger partial charge in [-0.15, -0.1) is 0 Å². The van der Waals surface area contributed by atoms with E-state index in [0.717, 1.165) is 26.6 Å². The van der Waals surface area contributed by atoms with E-state index in [-0.39, 0.29) is 10.9 Å². The molecule has 120 valence electrons. The van der Waals surface area contributed by atoms with Gasteiger partial charge in [-0.25, -0.2) is 0 Å². The molecule has 0 unspecified atom stereocenters. The molecule has 2 aromatic carbocycles. The van der Waals surface area contributed by atoms with Crippen LogP contribution in [-0.2, 0) is 11.2 Å². The fraction of sp³-hybridized carbons (Fsp3) is 0.176. The van der Waals surface area contributed by atoms with Gasteiger partial charge in [0.15, 0.2) is 4.99 Å². The fourth-order valence-corrected chi connectivity index (χ4v) is 3.77. The minimum atomic E-state index is -0.306. The van der Waals surface area contributed by atoms with Crippen molar-refractivity contribution in [2.45, 2.75) is 13.3 Å². The first kappa shape index (κ1) is 18.1. The Kier molecular flexibility index (Phi) is 6.74. The summed E-state index contributed by atoms with van der Waals surface area (Å²) in [5, 5.41) is 5.84. The number of nitrogens with one attached hydrogen (secondary N) is 2. The molecule has 0 heterocycles. The third kappa shape index (κ3) is 5.41. The summed E-state index contributed by atoms with van der Waals surface area (Å²) >= 11 is 12.0. The summed E-state index contributed by atoms with van der Waals surface area (Å²) in [5.74, 6) is -0.306. The van der Waals surface area contributed by atoms with Crippen molar-refractivity contribution in [2.75, 3.05) is 11.9 Å². The van der Waals surface area contributed by atoms with Gasteiger partial charge >= 0.3 is 0 Å². The van der Waals surface area contributed by atoms with Crippen molar-refractivity contribution in [3.8, 4) is 0 Å². The number of rotatable bonds is 4. The number of thiocarbonyl (C=S) groups is 1. The van der Waals surface area contributed by atoms with Crippen LogP contribution in [0.3, 0.4) is 0 Å². The summed E-state index contributed by atoms with van der Waals surface area (Å²) in [6.07, 6.45) is 0.815. The van der Waals surface area contributed by atoms with E-state index >= 15 is 0 Å². The Bertz CT molecular complexity index is 697. The molecule has 0 atom stereocenters. The summed E-state index contributed by atoms with van der Waals surface area (Å²) in [7, 11) is 0. The number of carbonyl (C=O) groups excluding carboxylic acids is 1. The van der Waals surface area contributed by atoms with Gasteiger partial charge in [-0.2, -0.15) is 0 Å². The van der Waals surface area contributed by atoms with Crippen LogP contribution in [0.5, 0.6) is 0 Å². The molecular weight excluding hydrogens is 440 g/mol. The predicted octanol–water partition coefficient (Wildman–Crippen LogP) is 4.62. The quantitative estimate of drug-likeness (QED) is 0.661. The largest absolute Gasteiger partial charge is 0.371 e. The number of hydrogen-bond donors (Lipinski definition) is 2. The van der Waals surface area contributed by atoms with E-state index in [1.54, 1.807) is 0 Å². The van der Waals surface area contributed by atoms with Crippen molar-refractivity contribution in [3.05, 3.63) is 62.5 Å². The zero-order valence-electron chi connectivity index (χ0n) is 12.5. The van der Waals surface area contributed by atoms with Crippen LogP contribution in [0.25, 0.3) is 0 Å². The Labute approximate surface area is 158 Å². The zero-order chi connectivity index (χ0) is 16.8. The maximum atomic E-state index is 12.2. The number of halogens is 2. The summed E-state index contributed by atoms with van der Waals surface area (Å²) in [5.41, 5.74) is 2.88. The van der Waals surface area contributed by atoms with Crippen molar-refractivity contribution in [3.63, 3.8) is 0 Å². The highest BCUT2D eigenvalue weighted by Gasteiger charge is 2.13. The number of aryl methyl sites for hydroxylation is 1. The van der Waals surface area contributed by atoms with Crippen molar-refractivity contribution in [1.82, 2.24) is 5.32 Å². The molecule has 0 aliphatic rings. The van der Waals surface area contributed by atoms with E-state index in [2.05, 4.69) is 42.5 Å². The molecule has 0 aliphatic carbocycles. The fourth-order valence-electron chi connectivity index (χ4n) is 2.08. The molecular formula is C17H16Br2N2OS. The Hall–Kier alpha value is -1.24. The second-order valence-electron chi connectivity index (χ2n) is 5.03. The Balaban J connectivity index is 1.89. The minimum Gasteiger partial charge on any atom is -0.371 e. The van der Waals surface area contributed by atoms with Crippen LogP contribution in [0.1, 0.15) is 11.1 Å². The summed E-state index contributed by atoms with van der Waals surface area (Å²) in [6.45, 7) is 2.55. The molecule has 0 saturated carbocycles. The van der Waals surface area contributed by atoms with Crippen LogP contribution < -0.4 is 10.6 Å². The van der Waals surface area contributed by atoms with Crippen molar-refractivity contribution >= 4 is 60.7 Å². The van der Waals surface area contributed by atoms with Gasteiger partial charge in [0.2, 0.25) is 0 Å². The maximum absolute atomic E-state index is 12.2. The molecule has 1 amide bonds. The molecule has 23 heavy (non-hydrogen) atoms. The first-order chi connectivity index (χ1) is 11.0. The monoisotopic (exact) mass is 454 g/mol. The highest BCUT2D eigenvalue weighted by molar-refractivity contribution is 9.11. The molecule has 0 spiro atoms. The second kappa shape index (κ2) is 8.57. The third-order valence-electron chi connectivity index (χ3n) is 3.24. The first-order valence-electron chi connectivity index (χ1n) is 7.06. The topological polar surface area (TPSA) is 41.1 Å². The van der Waals surface area contributed by atoms with Crippen molar-refractivity contribution < 1.29 is 4.79 Å². The van der Waals surface area contributed by atoms with E-state index in [9.17, 15) is 4.79 Å². The van der Waals surface area contributed by atoms with Gasteiger partial charge in [0, 0.05) is 15.5 Å². The van der Waals surface area contributed by atoms with Gasteiger partial charge in [0.1, 0.15) is 0 Å². The molecule has 2 aromatic rings. The predicted molar refractivity (Wildman–Crippen MR) is 106 cm³/mol. The molecule has 0 saturated heterocycles. The van der Waals surface area contributed by atoms with Crippen LogP contribution in [0.4, 0.5) is 5.69 Å². The van der Waals surface area contributed by atoms with E-state index < -0.39 is 0 Å². The average Bonchev–Trinajstić information content (AvgIpc) is 2.51. The summed E-state index contributed by atoms with van der Waals surface area (Å²) < 4.78 is 1.76. The SMILES string of the molecule is Cc1cc(Br)cc(Br)c1NC(=O)C(=S)NCCc1ccccc1. The van der Waals surface area contributed by atoms with E-state index in [4.69, 9.17) is 12.2 Å². The number of hydrogen-bond acceptors (Lipinski definition) is 2. The van der Waals surface area contributed by atoms with Crippen LogP contribution in [0.15, 0.2) is 51.4 Å². The van der Waals surface area contributed by atoms with Crippen molar-refractivity contribution in [1.29, 1.82) is 0 Å². The zero-order valence-corrected chi connectivity index (χ0v) is 16.5. The van der Waals surface area contributed by atoms with Crippen LogP contribution in [0.2, 0.25) is 0 Å². The Morgan fingerprint density at radius 2 is 1.87 bits per heavy atom. The standard InChI is InChI=1S/C17H16Br2N2OS/c1-11-9-13(18)10-14(19)15(11)21-16(22)17(23)20-8-7-12-5-3-2-4-6-12/h2-6,9-10H,7-8H2,1H3,(H,20,23)(H,21,22). The molecule has 0 aromatic heterocycles. The molecule has 0 aliphatic heterocycles. The Morgan fingerprint density at radius 1 is 1.17 bits per heavy atom. The summed E-state index contributed by atoms with van der Waals surface area (Å²) in [4.78, 5) is 12.4. The first-order valence-corrected chi connectivity index (χ1v) is 9.05. The normalized spacial score (nSPS) is 10.2. The second-order valence-corrected chi connectivity index (χ2v) is 7.20. The molecule has 2 rings (SSSR count). The molecule has 2 N–H and O–H groups in total. The van der Waals surface area contributed by atoms with Gasteiger partial charge in [0.25, 0.3) is 5.91 Å². The molecule has 0 bridgehead atoms. The van der Waals surface area contributed by atoms with E-state index in [1.807, 2.05) is 49.4 Å². The Morgan fingerprint density at radius 3 is 2.52 bits per heavy atom. The highest BCUT2D eigenvalue weighted by Crippen LogP contribution is 2.30. The lowest BCUT2D eigenvalue weighted by molar-refractivity contribution is -0.110. The average molecular weight is 456 g/mol. The maximum Gasteiger partial charge on any atom is 0.283 e. The molecule has 0 fully saturated rings. The highest BCUT2D eigenvalue weighted by atomic mass is 79.9. The lowest BCUT2D eigenvalue weighted by Gasteiger charge is -2.13. The summed E-state index contributed by atoms with van der Waals surface area (Å²) in [6, 6.07) is 13.9. The number of carbonyl (C=O) groups is 1. The molecule has 3 nitrogen and oxygen atoms in total. The number of anilines is 1. The van der Waals surface area contributed by atoms with Crippen LogP contribution >= 0.6 is 44.1 Å². The van der Waals surface area contributed by atoms with Crippen molar-refractivity contribution in [2.24, 2.45) is 0 Å². The lowest BCUT2D eigenvalue weighted by atomic mass is 10.1. The minimum absolute atomic E-state index is 0.190. The lowest BCUT2D eigenvalue weighted by Crippen LogP contribution is -2.35. The van der Waals surface area contributed by atoms with Crippen LogP contribution in [-0.4, -0.2) is 17.4 Å². The van der Waals surface area contributed by atoms with E-state index in [0.29, 0.717) is 6.54 Å². The number of benzene rings is 2. The van der Waals surface area contributed by atoms with Gasteiger partial charge in [-0.05, 0) is 52.5 Å². The van der Waals surface area contributed by atoms with Gasteiger partial charge in [0.05, 0.1) is 5.69 Å². The molecule has 0 radical (unpaired) electrons.